The van der Waals surface area contributed by atoms with E-state index in [1.165, 1.54) is 0 Å². The Balaban J connectivity index is 1.55. The van der Waals surface area contributed by atoms with Crippen molar-refractivity contribution < 1.29 is 22.5 Å². The van der Waals surface area contributed by atoms with E-state index in [1.54, 1.807) is 11.9 Å². The van der Waals surface area contributed by atoms with Crippen LogP contribution < -0.4 is 4.74 Å². The molecule has 1 aliphatic rings. The monoisotopic (exact) mass is 392 g/mol. The van der Waals surface area contributed by atoms with Gasteiger partial charge in [-0.3, -0.25) is 4.79 Å². The van der Waals surface area contributed by atoms with E-state index >= 15 is 0 Å². The van der Waals surface area contributed by atoms with Gasteiger partial charge in [0.2, 0.25) is 5.91 Å². The summed E-state index contributed by atoms with van der Waals surface area (Å²) in [6.07, 6.45) is 0.746. The largest absolute Gasteiger partial charge is 0.489 e. The number of likely N-dealkylation sites (N-methyl/N-ethyl adjacent to an activating group) is 1. The maximum absolute atomic E-state index is 12.4. The Labute approximate surface area is 159 Å². The summed E-state index contributed by atoms with van der Waals surface area (Å²) in [6.45, 7) is 4.09. The number of benzene rings is 1. The van der Waals surface area contributed by atoms with Crippen LogP contribution in [0.4, 0.5) is 0 Å². The minimum atomic E-state index is -3.01. The van der Waals surface area contributed by atoms with Gasteiger partial charge in [-0.2, -0.15) is 0 Å². The number of sulfone groups is 1. The Morgan fingerprint density at radius 2 is 2.00 bits per heavy atom. The zero-order valence-corrected chi connectivity index (χ0v) is 16.6. The molecular formula is C19H24N2O5S. The number of carbonyl (C=O) groups excluding carboxylic acids is 1. The van der Waals surface area contributed by atoms with Crippen LogP contribution in [0.3, 0.4) is 0 Å². The molecule has 7 nitrogen and oxygen atoms in total. The van der Waals surface area contributed by atoms with Crippen molar-refractivity contribution in [3.05, 3.63) is 46.8 Å². The average molecular weight is 392 g/mol. The fraction of sp³-hybridized carbons (Fsp3) is 0.474. The third-order valence-corrected chi connectivity index (χ3v) is 6.74. The molecule has 2 aromatic rings. The lowest BCUT2D eigenvalue weighted by Gasteiger charge is -2.23. The molecule has 1 saturated heterocycles. The molecule has 2 heterocycles. The predicted octanol–water partition coefficient (Wildman–Crippen LogP) is 2.06. The highest BCUT2D eigenvalue weighted by Gasteiger charge is 2.32. The number of carbonyl (C=O) groups is 1. The van der Waals surface area contributed by atoms with E-state index in [9.17, 15) is 13.2 Å². The number of amides is 1. The summed E-state index contributed by atoms with van der Waals surface area (Å²) >= 11 is 0. The molecular weight excluding hydrogens is 368 g/mol. The second kappa shape index (κ2) is 7.72. The van der Waals surface area contributed by atoms with Crippen LogP contribution in [-0.2, 0) is 27.7 Å². The second-order valence-corrected chi connectivity index (χ2v) is 9.20. The van der Waals surface area contributed by atoms with Gasteiger partial charge in [-0.1, -0.05) is 17.3 Å². The molecule has 1 aromatic carbocycles. The van der Waals surface area contributed by atoms with Crippen LogP contribution in [0.2, 0.25) is 0 Å². The van der Waals surface area contributed by atoms with Crippen molar-refractivity contribution in [2.45, 2.75) is 39.3 Å². The molecule has 1 amide bonds. The summed E-state index contributed by atoms with van der Waals surface area (Å²) in [5.74, 6) is 1.57. The quantitative estimate of drug-likeness (QED) is 0.747. The number of hydrogen-bond donors (Lipinski definition) is 0. The van der Waals surface area contributed by atoms with Gasteiger partial charge in [0.15, 0.2) is 9.84 Å². The van der Waals surface area contributed by atoms with Crippen LogP contribution in [0.5, 0.6) is 5.75 Å². The van der Waals surface area contributed by atoms with Gasteiger partial charge in [0.1, 0.15) is 18.1 Å². The first-order valence-corrected chi connectivity index (χ1v) is 10.7. The highest BCUT2D eigenvalue weighted by Crippen LogP contribution is 2.20. The number of ether oxygens (including phenoxy) is 1. The van der Waals surface area contributed by atoms with Crippen molar-refractivity contribution in [1.29, 1.82) is 0 Å². The first-order valence-electron chi connectivity index (χ1n) is 8.85. The lowest BCUT2D eigenvalue weighted by molar-refractivity contribution is -0.130. The van der Waals surface area contributed by atoms with Gasteiger partial charge in [-0.05, 0) is 38.0 Å². The van der Waals surface area contributed by atoms with E-state index in [2.05, 4.69) is 5.16 Å². The first-order chi connectivity index (χ1) is 12.7. The second-order valence-electron chi connectivity index (χ2n) is 6.97. The normalized spacial score (nSPS) is 18.4. The molecule has 27 heavy (non-hydrogen) atoms. The van der Waals surface area contributed by atoms with E-state index < -0.39 is 9.84 Å². The van der Waals surface area contributed by atoms with Crippen LogP contribution in [0.25, 0.3) is 0 Å². The molecule has 0 radical (unpaired) electrons. The van der Waals surface area contributed by atoms with Crippen molar-refractivity contribution in [3.63, 3.8) is 0 Å². The Bertz CT molecular complexity index is 899. The Morgan fingerprint density at radius 1 is 1.30 bits per heavy atom. The van der Waals surface area contributed by atoms with E-state index in [0.717, 1.165) is 22.6 Å². The van der Waals surface area contributed by atoms with Crippen molar-refractivity contribution in [1.82, 2.24) is 10.1 Å². The van der Waals surface area contributed by atoms with Crippen molar-refractivity contribution >= 4 is 15.7 Å². The van der Waals surface area contributed by atoms with E-state index in [-0.39, 0.29) is 29.9 Å². The third kappa shape index (κ3) is 4.68. The summed E-state index contributed by atoms with van der Waals surface area (Å²) in [4.78, 5) is 14.0. The van der Waals surface area contributed by atoms with Gasteiger partial charge in [0.05, 0.1) is 29.2 Å². The Kier molecular flexibility index (Phi) is 5.55. The summed E-state index contributed by atoms with van der Waals surface area (Å²) in [5, 5.41) is 3.90. The molecule has 1 fully saturated rings. The topological polar surface area (TPSA) is 89.7 Å². The smallest absolute Gasteiger partial charge is 0.227 e. The van der Waals surface area contributed by atoms with Gasteiger partial charge in [0, 0.05) is 13.1 Å². The lowest BCUT2D eigenvalue weighted by atomic mass is 10.1. The Morgan fingerprint density at radius 3 is 2.56 bits per heavy atom. The fourth-order valence-electron chi connectivity index (χ4n) is 3.15. The summed E-state index contributed by atoms with van der Waals surface area (Å²) in [7, 11) is -1.33. The Hall–Kier alpha value is -2.35. The molecule has 0 unspecified atom stereocenters. The van der Waals surface area contributed by atoms with Crippen LogP contribution in [0, 0.1) is 13.8 Å². The molecule has 0 bridgehead atoms. The zero-order valence-electron chi connectivity index (χ0n) is 15.8. The molecule has 0 aliphatic carbocycles. The van der Waals surface area contributed by atoms with Crippen LogP contribution in [0.1, 0.15) is 29.0 Å². The molecule has 1 aliphatic heterocycles. The number of aryl methyl sites for hydroxylation is 2. The molecule has 0 spiro atoms. The number of rotatable bonds is 6. The van der Waals surface area contributed by atoms with Crippen LogP contribution in [-0.4, -0.2) is 49.0 Å². The van der Waals surface area contributed by atoms with Crippen molar-refractivity contribution in [2.24, 2.45) is 0 Å². The summed E-state index contributed by atoms with van der Waals surface area (Å²) in [5.41, 5.74) is 2.60. The summed E-state index contributed by atoms with van der Waals surface area (Å²) < 4.78 is 34.1. The first kappa shape index (κ1) is 19.4. The fourth-order valence-corrected chi connectivity index (χ4v) is 4.93. The molecule has 3 rings (SSSR count). The average Bonchev–Trinajstić information content (AvgIpc) is 3.15. The SMILES string of the molecule is Cc1noc(C)c1COc1ccc(CC(=O)N(C)[C@@H]2CCS(=O)(=O)C2)cc1. The van der Waals surface area contributed by atoms with Crippen LogP contribution >= 0.6 is 0 Å². The highest BCUT2D eigenvalue weighted by atomic mass is 32.2. The van der Waals surface area contributed by atoms with E-state index in [1.807, 2.05) is 38.1 Å². The molecule has 8 heteroatoms. The molecule has 146 valence electrons. The standard InChI is InChI=1S/C19H24N2O5S/c1-13-18(14(2)26-20-13)11-25-17-6-4-15(5-7-17)10-19(22)21(3)16-8-9-27(23,24)12-16/h4-7,16H,8-12H2,1-3H3/t16-/m1/s1. The number of aromatic nitrogens is 1. The lowest BCUT2D eigenvalue weighted by Crippen LogP contribution is -2.38. The predicted molar refractivity (Wildman–Crippen MR) is 100 cm³/mol. The minimum Gasteiger partial charge on any atom is -0.489 e. The van der Waals surface area contributed by atoms with Gasteiger partial charge in [-0.15, -0.1) is 0 Å². The van der Waals surface area contributed by atoms with Crippen molar-refractivity contribution in [3.8, 4) is 5.75 Å². The highest BCUT2D eigenvalue weighted by molar-refractivity contribution is 7.91. The molecule has 1 aromatic heterocycles. The van der Waals surface area contributed by atoms with Gasteiger partial charge in [0.25, 0.3) is 0 Å². The van der Waals surface area contributed by atoms with Gasteiger partial charge in [-0.25, -0.2) is 8.42 Å². The van der Waals surface area contributed by atoms with Crippen LogP contribution in [0.15, 0.2) is 28.8 Å². The maximum Gasteiger partial charge on any atom is 0.227 e. The third-order valence-electron chi connectivity index (χ3n) is 4.99. The van der Waals surface area contributed by atoms with Gasteiger partial charge < -0.3 is 14.2 Å². The molecule has 0 saturated carbocycles. The van der Waals surface area contributed by atoms with E-state index in [0.29, 0.717) is 18.8 Å². The van der Waals surface area contributed by atoms with Crippen molar-refractivity contribution in [2.75, 3.05) is 18.6 Å². The zero-order chi connectivity index (χ0) is 19.6. The summed E-state index contributed by atoms with van der Waals surface area (Å²) in [6, 6.07) is 7.11. The molecule has 1 atom stereocenters. The minimum absolute atomic E-state index is 0.0592. The van der Waals surface area contributed by atoms with E-state index in [4.69, 9.17) is 9.26 Å². The number of hydrogen-bond acceptors (Lipinski definition) is 6. The molecule has 0 N–H and O–H groups in total. The maximum atomic E-state index is 12.4. The number of nitrogens with zero attached hydrogens (tertiary/aromatic N) is 2. The van der Waals surface area contributed by atoms with Gasteiger partial charge >= 0.3 is 0 Å².